The summed E-state index contributed by atoms with van der Waals surface area (Å²) in [4.78, 5) is -0.207. The summed E-state index contributed by atoms with van der Waals surface area (Å²) in [5.41, 5.74) is 4.59. The molecule has 0 saturated heterocycles. The van der Waals surface area contributed by atoms with Crippen LogP contribution in [0, 0.1) is 0 Å². The van der Waals surface area contributed by atoms with Crippen LogP contribution in [0.15, 0.2) is 24.3 Å². The number of hydrogen-bond acceptors (Lipinski definition) is 3. The van der Waals surface area contributed by atoms with E-state index in [2.05, 4.69) is 16.9 Å². The maximum absolute atomic E-state index is 12.5. The van der Waals surface area contributed by atoms with Crippen molar-refractivity contribution in [2.75, 3.05) is 0 Å². The highest BCUT2D eigenvalue weighted by molar-refractivity contribution is 7.93. The van der Waals surface area contributed by atoms with E-state index < -0.39 is 27.0 Å². The molecule has 0 radical (unpaired) electrons. The van der Waals surface area contributed by atoms with Crippen LogP contribution < -0.4 is 10.5 Å². The Hall–Kier alpha value is -1.19. The molecule has 1 aromatic carbocycles. The van der Waals surface area contributed by atoms with Gasteiger partial charge in [0.15, 0.2) is 0 Å². The van der Waals surface area contributed by atoms with E-state index in [0.717, 1.165) is 12.1 Å². The fraction of sp³-hybridized carbons (Fsp3) is 0.364. The summed E-state index contributed by atoms with van der Waals surface area (Å²) in [6.45, 7) is 1.04. The maximum atomic E-state index is 12.5. The molecule has 0 aliphatic rings. The summed E-state index contributed by atoms with van der Waals surface area (Å²) in [6, 6.07) is 4.40. The molecular formula is C11H13F3N2O2S2. The second-order valence-corrected chi connectivity index (χ2v) is 6.67. The Balaban J connectivity index is 2.84. The van der Waals surface area contributed by atoms with Crippen molar-refractivity contribution >= 4 is 27.2 Å². The zero-order valence-corrected chi connectivity index (χ0v) is 12.1. The van der Waals surface area contributed by atoms with Crippen LogP contribution in [0.25, 0.3) is 0 Å². The first-order chi connectivity index (χ1) is 9.04. The van der Waals surface area contributed by atoms with Crippen LogP contribution in [0.1, 0.15) is 18.1 Å². The Morgan fingerprint density at radius 2 is 2.05 bits per heavy atom. The number of halogens is 3. The Morgan fingerprint density at radius 1 is 1.45 bits per heavy atom. The van der Waals surface area contributed by atoms with E-state index in [1.807, 2.05) is 0 Å². The number of thiocarbonyl (C=S) groups is 1. The molecule has 1 atom stereocenters. The fourth-order valence-electron chi connectivity index (χ4n) is 1.32. The molecule has 0 aliphatic heterocycles. The molecule has 20 heavy (non-hydrogen) atoms. The molecule has 1 unspecified atom stereocenters. The smallest absolute Gasteiger partial charge is 0.392 e. The highest BCUT2D eigenvalue weighted by Crippen LogP contribution is 2.29. The predicted molar refractivity (Wildman–Crippen MR) is 73.5 cm³/mol. The Kier molecular flexibility index (Phi) is 5.11. The van der Waals surface area contributed by atoms with Crippen molar-refractivity contribution < 1.29 is 21.6 Å². The molecule has 3 N–H and O–H groups in total. The van der Waals surface area contributed by atoms with Gasteiger partial charge in [0.2, 0.25) is 10.0 Å². The van der Waals surface area contributed by atoms with Gasteiger partial charge in [-0.1, -0.05) is 30.4 Å². The highest BCUT2D eigenvalue weighted by atomic mass is 32.2. The lowest BCUT2D eigenvalue weighted by Crippen LogP contribution is -2.39. The standard InChI is InChI=1S/C11H13F3N2O2S2/c1-7(10(15)19)20(17,18)16-6-8-3-2-4-9(5-8)11(12,13)14/h2-5,7,16H,6H2,1H3,(H2,15,19). The van der Waals surface area contributed by atoms with E-state index in [-0.39, 0.29) is 17.1 Å². The fourth-order valence-corrected chi connectivity index (χ4v) is 2.62. The molecule has 0 fully saturated rings. The predicted octanol–water partition coefficient (Wildman–Crippen LogP) is 1.80. The van der Waals surface area contributed by atoms with Gasteiger partial charge in [-0.25, -0.2) is 13.1 Å². The zero-order chi connectivity index (χ0) is 15.6. The molecule has 0 saturated carbocycles. The van der Waals surface area contributed by atoms with E-state index in [0.29, 0.717) is 0 Å². The average molecular weight is 326 g/mol. The second-order valence-electron chi connectivity index (χ2n) is 4.11. The Bertz CT molecular complexity index is 600. The van der Waals surface area contributed by atoms with E-state index in [1.54, 1.807) is 0 Å². The number of alkyl halides is 3. The van der Waals surface area contributed by atoms with E-state index in [9.17, 15) is 21.6 Å². The number of benzene rings is 1. The first kappa shape index (κ1) is 16.9. The minimum Gasteiger partial charge on any atom is -0.392 e. The Labute approximate surface area is 120 Å². The van der Waals surface area contributed by atoms with E-state index in [1.165, 1.54) is 19.1 Å². The summed E-state index contributed by atoms with van der Waals surface area (Å²) in [5.74, 6) is 0. The van der Waals surface area contributed by atoms with Gasteiger partial charge in [0.1, 0.15) is 5.25 Å². The molecule has 0 aromatic heterocycles. The molecule has 0 aliphatic carbocycles. The van der Waals surface area contributed by atoms with Gasteiger partial charge >= 0.3 is 6.18 Å². The summed E-state index contributed by atoms with van der Waals surface area (Å²) < 4.78 is 63.1. The lowest BCUT2D eigenvalue weighted by Gasteiger charge is -2.13. The lowest BCUT2D eigenvalue weighted by atomic mass is 10.1. The van der Waals surface area contributed by atoms with Crippen molar-refractivity contribution in [3.05, 3.63) is 35.4 Å². The van der Waals surface area contributed by atoms with Crippen LogP contribution in [0.5, 0.6) is 0 Å². The number of rotatable bonds is 5. The number of nitrogens with two attached hydrogens (primary N) is 1. The molecule has 9 heteroatoms. The van der Waals surface area contributed by atoms with Gasteiger partial charge in [-0.2, -0.15) is 13.2 Å². The summed E-state index contributed by atoms with van der Waals surface area (Å²) in [5, 5.41) is -1.09. The SMILES string of the molecule is CC(C(N)=S)S(=O)(=O)NCc1cccc(C(F)(F)F)c1. The van der Waals surface area contributed by atoms with Crippen molar-refractivity contribution in [1.29, 1.82) is 0 Å². The zero-order valence-electron chi connectivity index (χ0n) is 10.4. The minimum absolute atomic E-state index is 0.193. The monoisotopic (exact) mass is 326 g/mol. The van der Waals surface area contributed by atoms with Crippen molar-refractivity contribution in [1.82, 2.24) is 4.72 Å². The van der Waals surface area contributed by atoms with Gasteiger partial charge in [0.05, 0.1) is 10.6 Å². The molecular weight excluding hydrogens is 313 g/mol. The van der Waals surface area contributed by atoms with Gasteiger partial charge < -0.3 is 5.73 Å². The normalized spacial score (nSPS) is 14.0. The van der Waals surface area contributed by atoms with Crippen molar-refractivity contribution in [2.45, 2.75) is 24.9 Å². The third kappa shape index (κ3) is 4.43. The van der Waals surface area contributed by atoms with Gasteiger partial charge in [0.25, 0.3) is 0 Å². The lowest BCUT2D eigenvalue weighted by molar-refractivity contribution is -0.137. The van der Waals surface area contributed by atoms with Crippen molar-refractivity contribution in [3.8, 4) is 0 Å². The van der Waals surface area contributed by atoms with Crippen LogP contribution >= 0.6 is 12.2 Å². The van der Waals surface area contributed by atoms with Crippen molar-refractivity contribution in [3.63, 3.8) is 0 Å². The van der Waals surface area contributed by atoms with E-state index >= 15 is 0 Å². The van der Waals surface area contributed by atoms with Gasteiger partial charge in [-0.05, 0) is 18.6 Å². The molecule has 112 valence electrons. The number of hydrogen-bond donors (Lipinski definition) is 2. The number of sulfonamides is 1. The highest BCUT2D eigenvalue weighted by Gasteiger charge is 2.30. The first-order valence-electron chi connectivity index (χ1n) is 5.48. The molecule has 4 nitrogen and oxygen atoms in total. The third-order valence-electron chi connectivity index (χ3n) is 2.60. The molecule has 1 aromatic rings. The van der Waals surface area contributed by atoms with Crippen LogP contribution in [0.3, 0.4) is 0 Å². The van der Waals surface area contributed by atoms with Crippen LogP contribution in [0.4, 0.5) is 13.2 Å². The summed E-state index contributed by atoms with van der Waals surface area (Å²) >= 11 is 4.58. The minimum atomic E-state index is -4.47. The largest absolute Gasteiger partial charge is 0.416 e. The topological polar surface area (TPSA) is 72.2 Å². The molecule has 0 heterocycles. The van der Waals surface area contributed by atoms with Gasteiger partial charge in [0, 0.05) is 6.54 Å². The summed E-state index contributed by atoms with van der Waals surface area (Å²) in [6.07, 6.45) is -4.47. The molecule has 1 rings (SSSR count). The van der Waals surface area contributed by atoms with E-state index in [4.69, 9.17) is 5.73 Å². The van der Waals surface area contributed by atoms with Crippen LogP contribution in [-0.4, -0.2) is 18.7 Å². The van der Waals surface area contributed by atoms with Crippen molar-refractivity contribution in [2.24, 2.45) is 5.73 Å². The summed E-state index contributed by atoms with van der Waals surface area (Å²) in [7, 11) is -3.80. The quantitative estimate of drug-likeness (QED) is 0.810. The maximum Gasteiger partial charge on any atom is 0.416 e. The molecule has 0 amide bonds. The molecule has 0 bridgehead atoms. The molecule has 0 spiro atoms. The van der Waals surface area contributed by atoms with Gasteiger partial charge in [-0.15, -0.1) is 0 Å². The average Bonchev–Trinajstić information content (AvgIpc) is 2.35. The van der Waals surface area contributed by atoms with Crippen LogP contribution in [0.2, 0.25) is 0 Å². The number of nitrogens with one attached hydrogen (secondary N) is 1. The second kappa shape index (κ2) is 6.06. The van der Waals surface area contributed by atoms with Gasteiger partial charge in [-0.3, -0.25) is 0 Å². The first-order valence-corrected chi connectivity index (χ1v) is 7.43. The third-order valence-corrected chi connectivity index (χ3v) is 4.83. The van der Waals surface area contributed by atoms with Crippen LogP contribution in [-0.2, 0) is 22.7 Å². The Morgan fingerprint density at radius 3 is 2.55 bits per heavy atom.